The van der Waals surface area contributed by atoms with Crippen LogP contribution in [0.2, 0.25) is 0 Å². The topological polar surface area (TPSA) is 35.8 Å². The van der Waals surface area contributed by atoms with Crippen molar-refractivity contribution in [1.29, 1.82) is 5.26 Å². The number of nitriles is 1. The van der Waals surface area contributed by atoms with Gasteiger partial charge in [-0.3, -0.25) is 0 Å². The van der Waals surface area contributed by atoms with Crippen molar-refractivity contribution in [3.05, 3.63) is 70.3 Å². The Morgan fingerprint density at radius 2 is 1.84 bits per heavy atom. The molecule has 2 nitrogen and oxygen atoms in total. The fourth-order valence-electron chi connectivity index (χ4n) is 2.10. The zero-order chi connectivity index (χ0) is 13.7. The van der Waals surface area contributed by atoms with Crippen molar-refractivity contribution in [1.82, 2.24) is 5.32 Å². The first-order valence-electron chi connectivity index (χ1n) is 6.45. The minimum Gasteiger partial charge on any atom is -0.309 e. The van der Waals surface area contributed by atoms with Gasteiger partial charge in [-0.1, -0.05) is 30.3 Å². The lowest BCUT2D eigenvalue weighted by molar-refractivity contribution is 0.690. The van der Waals surface area contributed by atoms with Gasteiger partial charge in [0.25, 0.3) is 0 Å². The Bertz CT molecular complexity index is 609. The molecule has 2 rings (SSSR count). The van der Waals surface area contributed by atoms with E-state index in [1.807, 2.05) is 24.3 Å². The van der Waals surface area contributed by atoms with Crippen LogP contribution in [-0.2, 0) is 13.1 Å². The summed E-state index contributed by atoms with van der Waals surface area (Å²) in [6, 6.07) is 16.3. The second kappa shape index (κ2) is 6.17. The first kappa shape index (κ1) is 13.3. The van der Waals surface area contributed by atoms with Crippen LogP contribution in [0.5, 0.6) is 0 Å². The quantitative estimate of drug-likeness (QED) is 0.902. The van der Waals surface area contributed by atoms with Gasteiger partial charge in [0.15, 0.2) is 0 Å². The molecule has 19 heavy (non-hydrogen) atoms. The standard InChI is InChI=1S/C17H18N2/c1-13-5-3-8-17(14(13)2)12-19-11-16-7-4-6-15(9-16)10-18/h3-9,19H,11-12H2,1-2H3. The summed E-state index contributed by atoms with van der Waals surface area (Å²) in [4.78, 5) is 0. The van der Waals surface area contributed by atoms with Crippen molar-refractivity contribution in [2.24, 2.45) is 0 Å². The Morgan fingerprint density at radius 3 is 2.63 bits per heavy atom. The Labute approximate surface area is 114 Å². The molecule has 0 unspecified atom stereocenters. The van der Waals surface area contributed by atoms with Gasteiger partial charge in [0.05, 0.1) is 11.6 Å². The van der Waals surface area contributed by atoms with Crippen LogP contribution in [-0.4, -0.2) is 0 Å². The largest absolute Gasteiger partial charge is 0.309 e. The predicted molar refractivity (Wildman–Crippen MR) is 77.6 cm³/mol. The molecule has 0 aromatic heterocycles. The third kappa shape index (κ3) is 3.43. The SMILES string of the molecule is Cc1cccc(CNCc2cccc(C#N)c2)c1C. The van der Waals surface area contributed by atoms with Gasteiger partial charge in [0.1, 0.15) is 0 Å². The Balaban J connectivity index is 1.96. The molecule has 1 N–H and O–H groups in total. The molecule has 0 atom stereocenters. The van der Waals surface area contributed by atoms with E-state index in [4.69, 9.17) is 5.26 Å². The van der Waals surface area contributed by atoms with Gasteiger partial charge >= 0.3 is 0 Å². The molecule has 0 fully saturated rings. The summed E-state index contributed by atoms with van der Waals surface area (Å²) in [5.41, 5.74) is 5.86. The smallest absolute Gasteiger partial charge is 0.0991 e. The van der Waals surface area contributed by atoms with E-state index in [2.05, 4.69) is 43.4 Å². The van der Waals surface area contributed by atoms with E-state index in [0.29, 0.717) is 5.56 Å². The predicted octanol–water partition coefficient (Wildman–Crippen LogP) is 3.46. The lowest BCUT2D eigenvalue weighted by Gasteiger charge is -2.10. The molecule has 2 aromatic carbocycles. The first-order valence-corrected chi connectivity index (χ1v) is 6.45. The van der Waals surface area contributed by atoms with Gasteiger partial charge in [-0.25, -0.2) is 0 Å². The minimum absolute atomic E-state index is 0.714. The molecule has 0 amide bonds. The number of rotatable bonds is 4. The number of benzene rings is 2. The molecule has 0 aliphatic carbocycles. The molecule has 0 heterocycles. The highest BCUT2D eigenvalue weighted by molar-refractivity contribution is 5.34. The molecule has 0 aliphatic heterocycles. The fourth-order valence-corrected chi connectivity index (χ4v) is 2.10. The van der Waals surface area contributed by atoms with E-state index in [9.17, 15) is 0 Å². The van der Waals surface area contributed by atoms with Crippen LogP contribution in [0.1, 0.15) is 27.8 Å². The van der Waals surface area contributed by atoms with E-state index in [1.54, 1.807) is 0 Å². The van der Waals surface area contributed by atoms with Crippen molar-refractivity contribution in [2.45, 2.75) is 26.9 Å². The van der Waals surface area contributed by atoms with Crippen molar-refractivity contribution in [2.75, 3.05) is 0 Å². The zero-order valence-electron chi connectivity index (χ0n) is 11.4. The molecule has 0 bridgehead atoms. The molecule has 0 aliphatic rings. The van der Waals surface area contributed by atoms with E-state index >= 15 is 0 Å². The van der Waals surface area contributed by atoms with Crippen LogP contribution in [0.25, 0.3) is 0 Å². The summed E-state index contributed by atoms with van der Waals surface area (Å²) in [5, 5.41) is 12.3. The normalized spacial score (nSPS) is 10.2. The van der Waals surface area contributed by atoms with Gasteiger partial charge in [0.2, 0.25) is 0 Å². The minimum atomic E-state index is 0.714. The summed E-state index contributed by atoms with van der Waals surface area (Å²) in [6.45, 7) is 5.92. The summed E-state index contributed by atoms with van der Waals surface area (Å²) in [7, 11) is 0. The molecule has 2 aromatic rings. The number of hydrogen-bond donors (Lipinski definition) is 1. The molecule has 2 heteroatoms. The molecule has 96 valence electrons. The van der Waals surface area contributed by atoms with Crippen molar-refractivity contribution < 1.29 is 0 Å². The highest BCUT2D eigenvalue weighted by atomic mass is 14.8. The van der Waals surface area contributed by atoms with Crippen LogP contribution in [0.3, 0.4) is 0 Å². The van der Waals surface area contributed by atoms with Crippen LogP contribution >= 0.6 is 0 Å². The molecule has 0 spiro atoms. The number of hydrogen-bond acceptors (Lipinski definition) is 2. The monoisotopic (exact) mass is 250 g/mol. The average Bonchev–Trinajstić information content (AvgIpc) is 2.44. The highest BCUT2D eigenvalue weighted by Crippen LogP contribution is 2.12. The summed E-state index contributed by atoms with van der Waals surface area (Å²) < 4.78 is 0. The second-order valence-electron chi connectivity index (χ2n) is 4.77. The van der Waals surface area contributed by atoms with Gasteiger partial charge in [-0.15, -0.1) is 0 Å². The number of nitrogens with one attached hydrogen (secondary N) is 1. The average molecular weight is 250 g/mol. The molecule has 0 radical (unpaired) electrons. The van der Waals surface area contributed by atoms with Crippen molar-refractivity contribution >= 4 is 0 Å². The summed E-state index contributed by atoms with van der Waals surface area (Å²) in [5.74, 6) is 0. The third-order valence-electron chi connectivity index (χ3n) is 3.42. The highest BCUT2D eigenvalue weighted by Gasteiger charge is 2.00. The maximum Gasteiger partial charge on any atom is 0.0991 e. The van der Waals surface area contributed by atoms with Crippen LogP contribution in [0.4, 0.5) is 0 Å². The van der Waals surface area contributed by atoms with Crippen molar-refractivity contribution in [3.63, 3.8) is 0 Å². The lowest BCUT2D eigenvalue weighted by atomic mass is 10.0. The second-order valence-corrected chi connectivity index (χ2v) is 4.77. The summed E-state index contributed by atoms with van der Waals surface area (Å²) in [6.07, 6.45) is 0. The molecule has 0 saturated heterocycles. The number of nitrogens with zero attached hydrogens (tertiary/aromatic N) is 1. The van der Waals surface area contributed by atoms with Gasteiger partial charge in [-0.05, 0) is 48.2 Å². The Morgan fingerprint density at radius 1 is 1.05 bits per heavy atom. The van der Waals surface area contributed by atoms with Crippen LogP contribution in [0.15, 0.2) is 42.5 Å². The fraction of sp³-hybridized carbons (Fsp3) is 0.235. The zero-order valence-corrected chi connectivity index (χ0v) is 11.4. The van der Waals surface area contributed by atoms with Gasteiger partial charge < -0.3 is 5.32 Å². The van der Waals surface area contributed by atoms with Crippen LogP contribution < -0.4 is 5.32 Å². The van der Waals surface area contributed by atoms with Gasteiger partial charge in [-0.2, -0.15) is 5.26 Å². The Kier molecular flexibility index (Phi) is 4.33. The van der Waals surface area contributed by atoms with E-state index < -0.39 is 0 Å². The van der Waals surface area contributed by atoms with Crippen LogP contribution in [0, 0.1) is 25.2 Å². The molecule has 0 saturated carbocycles. The van der Waals surface area contributed by atoms with Gasteiger partial charge in [0, 0.05) is 13.1 Å². The maximum atomic E-state index is 8.86. The van der Waals surface area contributed by atoms with E-state index in [-0.39, 0.29) is 0 Å². The van der Waals surface area contributed by atoms with E-state index in [1.165, 1.54) is 16.7 Å². The summed E-state index contributed by atoms with van der Waals surface area (Å²) >= 11 is 0. The Hall–Kier alpha value is -2.11. The maximum absolute atomic E-state index is 8.86. The lowest BCUT2D eigenvalue weighted by Crippen LogP contribution is -2.13. The van der Waals surface area contributed by atoms with Crippen molar-refractivity contribution in [3.8, 4) is 6.07 Å². The van der Waals surface area contributed by atoms with E-state index in [0.717, 1.165) is 18.7 Å². The molecular weight excluding hydrogens is 232 g/mol. The molecular formula is C17H18N2. The number of aryl methyl sites for hydroxylation is 1. The first-order chi connectivity index (χ1) is 9.20. The third-order valence-corrected chi connectivity index (χ3v) is 3.42.